The Hall–Kier alpha value is -2.93. The van der Waals surface area contributed by atoms with Crippen molar-refractivity contribution in [3.63, 3.8) is 0 Å². The van der Waals surface area contributed by atoms with E-state index in [0.29, 0.717) is 0 Å². The van der Waals surface area contributed by atoms with Crippen LogP contribution in [0.4, 0.5) is 4.39 Å². The Bertz CT molecular complexity index is 840. The van der Waals surface area contributed by atoms with Crippen LogP contribution in [0.3, 0.4) is 0 Å². The van der Waals surface area contributed by atoms with Crippen molar-refractivity contribution in [2.45, 2.75) is 25.3 Å². The summed E-state index contributed by atoms with van der Waals surface area (Å²) in [6.45, 7) is 1.54. The second-order valence-corrected chi connectivity index (χ2v) is 6.69. The molecule has 3 N–H and O–H groups in total. The summed E-state index contributed by atoms with van der Waals surface area (Å²) in [7, 11) is 0. The fourth-order valence-corrected chi connectivity index (χ4v) is 2.86. The van der Waals surface area contributed by atoms with Gasteiger partial charge in [-0.3, -0.25) is 9.59 Å². The number of rotatable bonds is 8. The van der Waals surface area contributed by atoms with Gasteiger partial charge >= 0.3 is 5.97 Å². The van der Waals surface area contributed by atoms with Gasteiger partial charge in [-0.2, -0.15) is 0 Å². The van der Waals surface area contributed by atoms with E-state index in [4.69, 9.17) is 11.6 Å². The molecule has 2 amide bonds. The van der Waals surface area contributed by atoms with Gasteiger partial charge < -0.3 is 15.7 Å². The lowest BCUT2D eigenvalue weighted by atomic mass is 9.97. The fourth-order valence-electron chi connectivity index (χ4n) is 2.61. The van der Waals surface area contributed by atoms with E-state index in [9.17, 15) is 23.9 Å². The lowest BCUT2D eigenvalue weighted by Gasteiger charge is -2.17. The van der Waals surface area contributed by atoms with Crippen molar-refractivity contribution in [2.24, 2.45) is 0 Å². The zero-order chi connectivity index (χ0) is 20.7. The summed E-state index contributed by atoms with van der Waals surface area (Å²) < 4.78 is 13.8. The van der Waals surface area contributed by atoms with Crippen LogP contribution in [0.15, 0.2) is 48.5 Å². The average molecular weight is 407 g/mol. The van der Waals surface area contributed by atoms with Gasteiger partial charge in [0.25, 0.3) is 5.91 Å². The van der Waals surface area contributed by atoms with Crippen molar-refractivity contribution in [1.82, 2.24) is 10.6 Å². The molecule has 8 heteroatoms. The summed E-state index contributed by atoms with van der Waals surface area (Å²) in [6.07, 6.45) is 0.156. The number of hydrogen-bond acceptors (Lipinski definition) is 3. The molecule has 2 rings (SSSR count). The first-order chi connectivity index (χ1) is 13.3. The number of carboxylic acids is 1. The molecule has 0 aliphatic rings. The number of aliphatic carboxylic acids is 1. The molecule has 2 atom stereocenters. The van der Waals surface area contributed by atoms with E-state index in [0.717, 1.165) is 11.6 Å². The van der Waals surface area contributed by atoms with E-state index in [1.165, 1.54) is 12.1 Å². The number of carbonyl (C=O) groups is 3. The van der Waals surface area contributed by atoms with Crippen LogP contribution >= 0.6 is 11.6 Å². The maximum absolute atomic E-state index is 13.8. The highest BCUT2D eigenvalue weighted by atomic mass is 35.5. The molecule has 0 aliphatic carbocycles. The Balaban J connectivity index is 1.95. The quantitative estimate of drug-likeness (QED) is 0.628. The standard InChI is InChI=1S/C20H20ClFN2O4/c1-12(13-6-3-2-4-7-13)10-17(25)23-11-16(20(27)28)24-19(26)18-14(21)8-5-9-15(18)22/h2-9,12,16H,10-11H2,1H3,(H,23,25)(H,24,26)(H,27,28)/t12-,16-/m0/s1. The fraction of sp³-hybridized carbons (Fsp3) is 0.250. The highest BCUT2D eigenvalue weighted by Crippen LogP contribution is 2.19. The van der Waals surface area contributed by atoms with Gasteiger partial charge in [-0.05, 0) is 23.6 Å². The van der Waals surface area contributed by atoms with E-state index in [1.807, 2.05) is 37.3 Å². The minimum absolute atomic E-state index is 0.0590. The molecule has 0 unspecified atom stereocenters. The maximum atomic E-state index is 13.8. The van der Waals surface area contributed by atoms with Gasteiger partial charge in [-0.15, -0.1) is 0 Å². The first-order valence-corrected chi connectivity index (χ1v) is 8.96. The summed E-state index contributed by atoms with van der Waals surface area (Å²) in [5, 5.41) is 13.8. The lowest BCUT2D eigenvalue weighted by Crippen LogP contribution is -2.48. The van der Waals surface area contributed by atoms with Gasteiger partial charge in [-0.25, -0.2) is 9.18 Å². The van der Waals surface area contributed by atoms with Gasteiger partial charge in [-0.1, -0.05) is 54.9 Å². The van der Waals surface area contributed by atoms with Crippen molar-refractivity contribution < 1.29 is 23.9 Å². The Kier molecular flexibility index (Phi) is 7.52. The molecule has 0 aromatic heterocycles. The van der Waals surface area contributed by atoms with Crippen LogP contribution in [0.25, 0.3) is 0 Å². The summed E-state index contributed by atoms with van der Waals surface area (Å²) in [5.74, 6) is -3.62. The number of carbonyl (C=O) groups excluding carboxylic acids is 2. The van der Waals surface area contributed by atoms with Gasteiger partial charge in [0, 0.05) is 13.0 Å². The highest BCUT2D eigenvalue weighted by molar-refractivity contribution is 6.33. The second kappa shape index (κ2) is 9.85. The summed E-state index contributed by atoms with van der Waals surface area (Å²) in [5.41, 5.74) is 0.536. The number of amides is 2. The molecule has 28 heavy (non-hydrogen) atoms. The predicted octanol–water partition coefficient (Wildman–Crippen LogP) is 2.97. The molecule has 2 aromatic carbocycles. The molecule has 0 aliphatic heterocycles. The third kappa shape index (κ3) is 5.79. The topological polar surface area (TPSA) is 95.5 Å². The van der Waals surface area contributed by atoms with Crippen molar-refractivity contribution in [2.75, 3.05) is 6.54 Å². The zero-order valence-corrected chi connectivity index (χ0v) is 15.9. The van der Waals surface area contributed by atoms with Crippen LogP contribution in [0.1, 0.15) is 35.2 Å². The third-order valence-electron chi connectivity index (χ3n) is 4.16. The largest absolute Gasteiger partial charge is 0.480 e. The Morgan fingerprint density at radius 3 is 2.39 bits per heavy atom. The van der Waals surface area contributed by atoms with E-state index < -0.39 is 29.3 Å². The van der Waals surface area contributed by atoms with Crippen LogP contribution in [0, 0.1) is 5.82 Å². The minimum atomic E-state index is -1.43. The number of hydrogen-bond donors (Lipinski definition) is 3. The monoisotopic (exact) mass is 406 g/mol. The molecule has 0 radical (unpaired) electrons. The Morgan fingerprint density at radius 2 is 1.79 bits per heavy atom. The molecular formula is C20H20ClFN2O4. The molecule has 2 aromatic rings. The minimum Gasteiger partial charge on any atom is -0.480 e. The first kappa shape index (κ1) is 21.4. The van der Waals surface area contributed by atoms with Crippen LogP contribution in [0.2, 0.25) is 5.02 Å². The molecule has 0 saturated heterocycles. The highest BCUT2D eigenvalue weighted by Gasteiger charge is 2.24. The van der Waals surface area contributed by atoms with E-state index in [-0.39, 0.29) is 29.8 Å². The number of nitrogens with one attached hydrogen (secondary N) is 2. The molecular weight excluding hydrogens is 387 g/mol. The molecule has 0 saturated carbocycles. The third-order valence-corrected chi connectivity index (χ3v) is 4.47. The van der Waals surface area contributed by atoms with Crippen molar-refractivity contribution in [3.8, 4) is 0 Å². The summed E-state index contributed by atoms with van der Waals surface area (Å²) in [6, 6.07) is 11.7. The average Bonchev–Trinajstić information content (AvgIpc) is 2.65. The van der Waals surface area contributed by atoms with Gasteiger partial charge in [0.15, 0.2) is 0 Å². The Labute approximate surface area is 166 Å². The maximum Gasteiger partial charge on any atom is 0.328 e. The number of carboxylic acid groups (broad SMARTS) is 1. The van der Waals surface area contributed by atoms with Crippen LogP contribution in [0.5, 0.6) is 0 Å². The number of benzene rings is 2. The van der Waals surface area contributed by atoms with Crippen LogP contribution < -0.4 is 10.6 Å². The molecule has 0 fully saturated rings. The summed E-state index contributed by atoms with van der Waals surface area (Å²) in [4.78, 5) is 35.7. The first-order valence-electron chi connectivity index (χ1n) is 8.59. The zero-order valence-electron chi connectivity index (χ0n) is 15.1. The van der Waals surface area contributed by atoms with E-state index >= 15 is 0 Å². The molecule has 0 spiro atoms. The van der Waals surface area contributed by atoms with E-state index in [2.05, 4.69) is 10.6 Å². The second-order valence-electron chi connectivity index (χ2n) is 6.28. The lowest BCUT2D eigenvalue weighted by molar-refractivity contribution is -0.139. The molecule has 0 bridgehead atoms. The Morgan fingerprint density at radius 1 is 1.11 bits per heavy atom. The number of halogens is 2. The van der Waals surface area contributed by atoms with Gasteiger partial charge in [0.05, 0.1) is 10.6 Å². The van der Waals surface area contributed by atoms with Crippen molar-refractivity contribution in [3.05, 3.63) is 70.5 Å². The van der Waals surface area contributed by atoms with Crippen LogP contribution in [-0.4, -0.2) is 35.5 Å². The van der Waals surface area contributed by atoms with Crippen molar-refractivity contribution >= 4 is 29.4 Å². The SMILES string of the molecule is C[C@@H](CC(=O)NC[C@H](NC(=O)c1c(F)cccc1Cl)C(=O)O)c1ccccc1. The van der Waals surface area contributed by atoms with Crippen LogP contribution in [-0.2, 0) is 9.59 Å². The van der Waals surface area contributed by atoms with Gasteiger partial charge in [0.2, 0.25) is 5.91 Å². The smallest absolute Gasteiger partial charge is 0.328 e. The molecule has 148 valence electrons. The van der Waals surface area contributed by atoms with E-state index in [1.54, 1.807) is 0 Å². The van der Waals surface area contributed by atoms with Crippen molar-refractivity contribution in [1.29, 1.82) is 0 Å². The predicted molar refractivity (Wildman–Crippen MR) is 103 cm³/mol. The molecule has 6 nitrogen and oxygen atoms in total. The van der Waals surface area contributed by atoms with Gasteiger partial charge in [0.1, 0.15) is 11.9 Å². The summed E-state index contributed by atoms with van der Waals surface area (Å²) >= 11 is 5.81. The molecule has 0 heterocycles. The normalized spacial score (nSPS) is 12.7.